The Labute approximate surface area is 119 Å². The molecule has 0 atom stereocenters. The molecule has 6 heteroatoms. The Kier molecular flexibility index (Phi) is 4.68. The van der Waals surface area contributed by atoms with Crippen LogP contribution in [-0.2, 0) is 13.6 Å². The minimum absolute atomic E-state index is 0.312. The molecule has 0 spiro atoms. The van der Waals surface area contributed by atoms with Crippen LogP contribution in [0.4, 0.5) is 0 Å². The van der Waals surface area contributed by atoms with Crippen molar-refractivity contribution >= 4 is 0 Å². The Morgan fingerprint density at radius 1 is 1.35 bits per heavy atom. The molecule has 0 aromatic carbocycles. The van der Waals surface area contributed by atoms with Crippen LogP contribution in [0, 0.1) is 12.8 Å². The Balaban J connectivity index is 2.04. The maximum absolute atomic E-state index is 5.57. The number of nitrogens with one attached hydrogen (secondary N) is 1. The summed E-state index contributed by atoms with van der Waals surface area (Å²) in [6.45, 7) is 8.11. The zero-order valence-electron chi connectivity index (χ0n) is 12.4. The highest BCUT2D eigenvalue weighted by Gasteiger charge is 2.06. The van der Waals surface area contributed by atoms with E-state index in [0.29, 0.717) is 17.8 Å². The lowest BCUT2D eigenvalue weighted by Gasteiger charge is -2.09. The van der Waals surface area contributed by atoms with E-state index in [1.807, 2.05) is 19.1 Å². The summed E-state index contributed by atoms with van der Waals surface area (Å²) in [5.41, 5.74) is 2.06. The van der Waals surface area contributed by atoms with Crippen molar-refractivity contribution in [3.63, 3.8) is 0 Å². The number of hydrogen-bond acceptors (Lipinski definition) is 5. The van der Waals surface area contributed by atoms with Gasteiger partial charge in [-0.25, -0.2) is 4.98 Å². The van der Waals surface area contributed by atoms with Crippen LogP contribution in [0.1, 0.15) is 25.1 Å². The third-order valence-electron chi connectivity index (χ3n) is 2.65. The summed E-state index contributed by atoms with van der Waals surface area (Å²) in [4.78, 5) is 8.37. The molecular weight excluding hydrogens is 254 g/mol. The summed E-state index contributed by atoms with van der Waals surface area (Å²) in [6, 6.07) is 4.27. The first kappa shape index (κ1) is 14.5. The van der Waals surface area contributed by atoms with E-state index in [4.69, 9.17) is 4.74 Å². The molecule has 108 valence electrons. The van der Waals surface area contributed by atoms with Crippen molar-refractivity contribution in [2.75, 3.05) is 6.54 Å². The van der Waals surface area contributed by atoms with Gasteiger partial charge in [0.15, 0.2) is 0 Å². The van der Waals surface area contributed by atoms with Crippen LogP contribution in [0.3, 0.4) is 0 Å². The highest BCUT2D eigenvalue weighted by Crippen LogP contribution is 2.17. The van der Waals surface area contributed by atoms with Crippen LogP contribution in [0.25, 0.3) is 0 Å². The first-order valence-electron chi connectivity index (χ1n) is 6.74. The van der Waals surface area contributed by atoms with Crippen molar-refractivity contribution in [1.29, 1.82) is 0 Å². The summed E-state index contributed by atoms with van der Waals surface area (Å²) in [6.07, 6.45) is 1.59. The topological polar surface area (TPSA) is 64.9 Å². The van der Waals surface area contributed by atoms with Crippen molar-refractivity contribution in [2.45, 2.75) is 27.3 Å². The quantitative estimate of drug-likeness (QED) is 0.874. The van der Waals surface area contributed by atoms with Crippen molar-refractivity contribution in [2.24, 2.45) is 13.0 Å². The number of aromatic nitrogens is 4. The first-order valence-corrected chi connectivity index (χ1v) is 6.74. The fourth-order valence-electron chi connectivity index (χ4n) is 1.83. The van der Waals surface area contributed by atoms with E-state index in [9.17, 15) is 0 Å². The van der Waals surface area contributed by atoms with Crippen LogP contribution >= 0.6 is 0 Å². The Morgan fingerprint density at radius 2 is 2.15 bits per heavy atom. The maximum Gasteiger partial charge on any atom is 0.342 e. The highest BCUT2D eigenvalue weighted by molar-refractivity contribution is 5.26. The summed E-state index contributed by atoms with van der Waals surface area (Å²) in [5.74, 6) is 1.16. The molecule has 2 heterocycles. The number of nitrogens with zero attached hydrogens (tertiary/aromatic N) is 4. The average molecular weight is 275 g/mol. The molecule has 0 saturated heterocycles. The number of ether oxygens (including phenoxy) is 1. The van der Waals surface area contributed by atoms with Crippen LogP contribution in [0.15, 0.2) is 18.5 Å². The second-order valence-corrected chi connectivity index (χ2v) is 5.28. The fraction of sp³-hybridized carbons (Fsp3) is 0.500. The zero-order valence-corrected chi connectivity index (χ0v) is 12.4. The monoisotopic (exact) mass is 275 g/mol. The van der Waals surface area contributed by atoms with Gasteiger partial charge in [0, 0.05) is 25.4 Å². The van der Waals surface area contributed by atoms with Gasteiger partial charge in [0.25, 0.3) is 0 Å². The molecule has 0 aliphatic rings. The third-order valence-corrected chi connectivity index (χ3v) is 2.65. The fourth-order valence-corrected chi connectivity index (χ4v) is 1.83. The second kappa shape index (κ2) is 6.47. The second-order valence-electron chi connectivity index (χ2n) is 5.28. The molecule has 2 aromatic rings. The van der Waals surface area contributed by atoms with Gasteiger partial charge in [-0.05, 0) is 31.0 Å². The van der Waals surface area contributed by atoms with Crippen molar-refractivity contribution in [3.05, 3.63) is 29.7 Å². The standard InChI is InChI=1S/C14H21N5O/c1-10(2)7-15-8-12-5-11(3)17-13(6-12)20-14-16-9-19(4)18-14/h5-6,9-10,15H,7-8H2,1-4H3. The normalized spacial score (nSPS) is 11.1. The van der Waals surface area contributed by atoms with Gasteiger partial charge < -0.3 is 10.1 Å². The molecular formula is C14H21N5O. The van der Waals surface area contributed by atoms with E-state index in [1.165, 1.54) is 0 Å². The molecule has 1 N–H and O–H groups in total. The number of hydrogen-bond donors (Lipinski definition) is 1. The Morgan fingerprint density at radius 3 is 2.80 bits per heavy atom. The van der Waals surface area contributed by atoms with Crippen LogP contribution in [-0.4, -0.2) is 26.3 Å². The molecule has 0 fully saturated rings. The lowest BCUT2D eigenvalue weighted by atomic mass is 10.2. The molecule has 20 heavy (non-hydrogen) atoms. The van der Waals surface area contributed by atoms with Gasteiger partial charge in [-0.2, -0.15) is 4.98 Å². The Bertz CT molecular complexity index is 564. The number of aryl methyl sites for hydroxylation is 2. The highest BCUT2D eigenvalue weighted by atomic mass is 16.5. The van der Waals surface area contributed by atoms with Gasteiger partial charge in [0.1, 0.15) is 6.33 Å². The summed E-state index contributed by atoms with van der Waals surface area (Å²) in [5, 5.41) is 7.48. The van der Waals surface area contributed by atoms with E-state index in [1.54, 1.807) is 18.1 Å². The zero-order chi connectivity index (χ0) is 14.5. The van der Waals surface area contributed by atoms with Crippen molar-refractivity contribution in [3.8, 4) is 11.9 Å². The van der Waals surface area contributed by atoms with Crippen LogP contribution in [0.5, 0.6) is 11.9 Å². The van der Waals surface area contributed by atoms with Crippen LogP contribution < -0.4 is 10.1 Å². The van der Waals surface area contributed by atoms with Gasteiger partial charge in [0.05, 0.1) is 0 Å². The molecule has 6 nitrogen and oxygen atoms in total. The SMILES string of the molecule is Cc1cc(CNCC(C)C)cc(Oc2ncn(C)n2)n1. The molecule has 0 aliphatic carbocycles. The molecule has 0 bridgehead atoms. The van der Waals surface area contributed by atoms with E-state index in [0.717, 1.165) is 24.3 Å². The maximum atomic E-state index is 5.57. The van der Waals surface area contributed by atoms with E-state index in [2.05, 4.69) is 34.2 Å². The predicted octanol–water partition coefficient (Wildman–Crippen LogP) is 2.06. The smallest absolute Gasteiger partial charge is 0.342 e. The minimum atomic E-state index is 0.312. The first-order chi connectivity index (χ1) is 9.52. The molecule has 0 amide bonds. The summed E-state index contributed by atoms with van der Waals surface area (Å²) in [7, 11) is 1.80. The minimum Gasteiger partial charge on any atom is -0.404 e. The van der Waals surface area contributed by atoms with Crippen LogP contribution in [0.2, 0.25) is 0 Å². The third kappa shape index (κ3) is 4.31. The summed E-state index contributed by atoms with van der Waals surface area (Å²) >= 11 is 0. The Hall–Kier alpha value is -1.95. The molecule has 0 radical (unpaired) electrons. The van der Waals surface area contributed by atoms with Gasteiger partial charge in [-0.3, -0.25) is 4.68 Å². The van der Waals surface area contributed by atoms with Gasteiger partial charge in [-0.15, -0.1) is 5.10 Å². The lowest BCUT2D eigenvalue weighted by Crippen LogP contribution is -2.19. The van der Waals surface area contributed by atoms with E-state index < -0.39 is 0 Å². The number of rotatable bonds is 6. The lowest BCUT2D eigenvalue weighted by molar-refractivity contribution is 0.420. The van der Waals surface area contributed by atoms with E-state index >= 15 is 0 Å². The molecule has 2 aromatic heterocycles. The van der Waals surface area contributed by atoms with Crippen molar-refractivity contribution < 1.29 is 4.74 Å². The van der Waals surface area contributed by atoms with Gasteiger partial charge >= 0.3 is 6.01 Å². The van der Waals surface area contributed by atoms with Crippen molar-refractivity contribution in [1.82, 2.24) is 25.1 Å². The number of pyridine rings is 1. The average Bonchev–Trinajstić information content (AvgIpc) is 2.73. The van der Waals surface area contributed by atoms with Gasteiger partial charge in [0.2, 0.25) is 5.88 Å². The summed E-state index contributed by atoms with van der Waals surface area (Å²) < 4.78 is 7.16. The van der Waals surface area contributed by atoms with Gasteiger partial charge in [-0.1, -0.05) is 13.8 Å². The van der Waals surface area contributed by atoms with E-state index in [-0.39, 0.29) is 0 Å². The largest absolute Gasteiger partial charge is 0.404 e. The molecule has 0 saturated carbocycles. The molecule has 0 unspecified atom stereocenters. The molecule has 2 rings (SSSR count). The predicted molar refractivity (Wildman–Crippen MR) is 76.6 cm³/mol. The molecule has 0 aliphatic heterocycles.